The Morgan fingerprint density at radius 2 is 1.90 bits per heavy atom. The molecule has 0 heterocycles. The second-order valence-electron chi connectivity index (χ2n) is 6.09. The predicted molar refractivity (Wildman–Crippen MR) is 85.5 cm³/mol. The van der Waals surface area contributed by atoms with Crippen molar-refractivity contribution in [1.82, 2.24) is 4.90 Å². The van der Waals surface area contributed by atoms with Crippen molar-refractivity contribution in [1.29, 1.82) is 0 Å². The number of carbonyl (C=O) groups excluding carboxylic acids is 1. The summed E-state index contributed by atoms with van der Waals surface area (Å²) in [6.07, 6.45) is 5.42. The van der Waals surface area contributed by atoms with Gasteiger partial charge in [0.1, 0.15) is 5.75 Å². The highest BCUT2D eigenvalue weighted by Gasteiger charge is 2.27. The molecule has 2 atom stereocenters. The van der Waals surface area contributed by atoms with E-state index in [4.69, 9.17) is 4.74 Å². The van der Waals surface area contributed by atoms with Crippen LogP contribution in [0.25, 0.3) is 0 Å². The van der Waals surface area contributed by atoms with E-state index < -0.39 is 0 Å². The van der Waals surface area contributed by atoms with Crippen molar-refractivity contribution < 1.29 is 9.53 Å². The number of amides is 1. The minimum atomic E-state index is 0.220. The van der Waals surface area contributed by atoms with Crippen molar-refractivity contribution in [3.8, 4) is 5.75 Å². The first kappa shape index (κ1) is 15.9. The molecule has 0 aliphatic heterocycles. The maximum absolute atomic E-state index is 12.5. The molecule has 1 aromatic carbocycles. The lowest BCUT2D eigenvalue weighted by atomic mass is 9.85. The Morgan fingerprint density at radius 1 is 1.24 bits per heavy atom. The monoisotopic (exact) mass is 289 g/mol. The van der Waals surface area contributed by atoms with E-state index in [2.05, 4.69) is 6.92 Å². The van der Waals surface area contributed by atoms with Crippen LogP contribution in [0.1, 0.15) is 45.1 Å². The number of carbonyl (C=O) groups is 1. The molecule has 1 aliphatic carbocycles. The van der Waals surface area contributed by atoms with Crippen molar-refractivity contribution >= 4 is 5.91 Å². The summed E-state index contributed by atoms with van der Waals surface area (Å²) < 4.78 is 5.43. The molecule has 2 rings (SSSR count). The molecule has 1 fully saturated rings. The van der Waals surface area contributed by atoms with E-state index in [0.29, 0.717) is 25.0 Å². The molecule has 1 saturated carbocycles. The predicted octanol–water partition coefficient (Wildman–Crippen LogP) is 3.66. The Morgan fingerprint density at radius 3 is 2.52 bits per heavy atom. The molecule has 21 heavy (non-hydrogen) atoms. The second kappa shape index (κ2) is 7.48. The third-order valence-electron chi connectivity index (χ3n) is 4.55. The summed E-state index contributed by atoms with van der Waals surface area (Å²) in [5, 5.41) is 0. The summed E-state index contributed by atoms with van der Waals surface area (Å²) in [5.74, 6) is 1.70. The lowest BCUT2D eigenvalue weighted by molar-refractivity contribution is -0.132. The zero-order valence-electron chi connectivity index (χ0n) is 13.5. The Labute approximate surface area is 128 Å². The smallest absolute Gasteiger partial charge is 0.226 e. The number of nitrogens with zero attached hydrogens (tertiary/aromatic N) is 1. The van der Waals surface area contributed by atoms with Gasteiger partial charge in [-0.25, -0.2) is 0 Å². The number of likely N-dealkylation sites (N-methyl/N-ethyl adjacent to an activating group) is 1. The molecule has 1 amide bonds. The topological polar surface area (TPSA) is 29.5 Å². The fourth-order valence-corrected chi connectivity index (χ4v) is 3.23. The van der Waals surface area contributed by atoms with E-state index in [9.17, 15) is 4.79 Å². The van der Waals surface area contributed by atoms with Gasteiger partial charge in [0.2, 0.25) is 5.91 Å². The summed E-state index contributed by atoms with van der Waals surface area (Å²) in [7, 11) is 1.96. The van der Waals surface area contributed by atoms with Crippen LogP contribution in [-0.2, 0) is 11.2 Å². The first-order valence-corrected chi connectivity index (χ1v) is 8.09. The SMILES string of the molecule is CCOc1ccc(CC(=O)N(C)C2CCCCC2C)cc1. The molecular formula is C18H27NO2. The van der Waals surface area contributed by atoms with Crippen LogP contribution in [0.5, 0.6) is 5.75 Å². The average Bonchev–Trinajstić information content (AvgIpc) is 2.49. The normalized spacial score (nSPS) is 21.9. The van der Waals surface area contributed by atoms with Gasteiger partial charge in [-0.15, -0.1) is 0 Å². The number of benzene rings is 1. The van der Waals surface area contributed by atoms with Crippen LogP contribution >= 0.6 is 0 Å². The van der Waals surface area contributed by atoms with Gasteiger partial charge in [0.25, 0.3) is 0 Å². The zero-order valence-corrected chi connectivity index (χ0v) is 13.5. The number of hydrogen-bond donors (Lipinski definition) is 0. The summed E-state index contributed by atoms with van der Waals surface area (Å²) in [6, 6.07) is 8.26. The minimum absolute atomic E-state index is 0.220. The van der Waals surface area contributed by atoms with Gasteiger partial charge < -0.3 is 9.64 Å². The van der Waals surface area contributed by atoms with E-state index in [1.165, 1.54) is 19.3 Å². The van der Waals surface area contributed by atoms with Crippen LogP contribution in [0, 0.1) is 5.92 Å². The van der Waals surface area contributed by atoms with Gasteiger partial charge in [-0.05, 0) is 43.4 Å². The minimum Gasteiger partial charge on any atom is -0.494 e. The first-order valence-electron chi connectivity index (χ1n) is 8.09. The standard InChI is InChI=1S/C18H27NO2/c1-4-21-16-11-9-15(10-12-16)13-18(20)19(3)17-8-6-5-7-14(17)2/h9-12,14,17H,4-8,13H2,1-3H3. The van der Waals surface area contributed by atoms with Crippen molar-refractivity contribution in [2.75, 3.05) is 13.7 Å². The summed E-state index contributed by atoms with van der Waals surface area (Å²) in [6.45, 7) is 4.91. The van der Waals surface area contributed by atoms with Crippen molar-refractivity contribution in [2.45, 2.75) is 52.0 Å². The van der Waals surface area contributed by atoms with Crippen LogP contribution in [-0.4, -0.2) is 30.5 Å². The van der Waals surface area contributed by atoms with Gasteiger partial charge in [0.05, 0.1) is 13.0 Å². The van der Waals surface area contributed by atoms with Gasteiger partial charge in [-0.1, -0.05) is 31.9 Å². The Bertz CT molecular complexity index is 455. The third kappa shape index (κ3) is 4.23. The zero-order chi connectivity index (χ0) is 15.2. The fourth-order valence-electron chi connectivity index (χ4n) is 3.23. The molecule has 116 valence electrons. The van der Waals surface area contributed by atoms with Crippen LogP contribution in [0.4, 0.5) is 0 Å². The highest BCUT2D eigenvalue weighted by molar-refractivity contribution is 5.78. The first-order chi connectivity index (χ1) is 10.1. The van der Waals surface area contributed by atoms with Crippen LogP contribution in [0.3, 0.4) is 0 Å². The van der Waals surface area contributed by atoms with Crippen molar-refractivity contribution in [3.63, 3.8) is 0 Å². The number of rotatable bonds is 5. The second-order valence-corrected chi connectivity index (χ2v) is 6.09. The van der Waals surface area contributed by atoms with E-state index in [-0.39, 0.29) is 5.91 Å². The van der Waals surface area contributed by atoms with Gasteiger partial charge in [0.15, 0.2) is 0 Å². The summed E-state index contributed by atoms with van der Waals surface area (Å²) in [4.78, 5) is 14.4. The molecule has 1 aromatic rings. The molecular weight excluding hydrogens is 262 g/mol. The lowest BCUT2D eigenvalue weighted by Crippen LogP contribution is -2.43. The van der Waals surface area contributed by atoms with Crippen molar-refractivity contribution in [2.24, 2.45) is 5.92 Å². The number of ether oxygens (including phenoxy) is 1. The Balaban J connectivity index is 1.93. The van der Waals surface area contributed by atoms with E-state index >= 15 is 0 Å². The maximum Gasteiger partial charge on any atom is 0.226 e. The fraction of sp³-hybridized carbons (Fsp3) is 0.611. The Kier molecular flexibility index (Phi) is 5.66. The molecule has 0 spiro atoms. The molecule has 3 heteroatoms. The van der Waals surface area contributed by atoms with Gasteiger partial charge >= 0.3 is 0 Å². The van der Waals surface area contributed by atoms with Crippen LogP contribution in [0.2, 0.25) is 0 Å². The van der Waals surface area contributed by atoms with Gasteiger partial charge in [-0.3, -0.25) is 4.79 Å². The molecule has 0 saturated heterocycles. The molecule has 0 bridgehead atoms. The van der Waals surface area contributed by atoms with Gasteiger partial charge in [-0.2, -0.15) is 0 Å². The summed E-state index contributed by atoms with van der Waals surface area (Å²) in [5.41, 5.74) is 1.05. The van der Waals surface area contributed by atoms with E-state index in [1.807, 2.05) is 43.1 Å². The highest BCUT2D eigenvalue weighted by Crippen LogP contribution is 2.27. The maximum atomic E-state index is 12.5. The quantitative estimate of drug-likeness (QED) is 0.828. The highest BCUT2D eigenvalue weighted by atomic mass is 16.5. The molecule has 0 aromatic heterocycles. The molecule has 3 nitrogen and oxygen atoms in total. The molecule has 2 unspecified atom stereocenters. The van der Waals surface area contributed by atoms with Crippen LogP contribution in [0.15, 0.2) is 24.3 Å². The van der Waals surface area contributed by atoms with Crippen LogP contribution < -0.4 is 4.74 Å². The average molecular weight is 289 g/mol. The lowest BCUT2D eigenvalue weighted by Gasteiger charge is -2.36. The molecule has 1 aliphatic rings. The molecule has 0 radical (unpaired) electrons. The Hall–Kier alpha value is -1.51. The van der Waals surface area contributed by atoms with E-state index in [0.717, 1.165) is 17.7 Å². The molecule has 0 N–H and O–H groups in total. The summed E-state index contributed by atoms with van der Waals surface area (Å²) >= 11 is 0. The third-order valence-corrected chi connectivity index (χ3v) is 4.55. The van der Waals surface area contributed by atoms with Gasteiger partial charge in [0, 0.05) is 13.1 Å². The largest absolute Gasteiger partial charge is 0.494 e. The number of hydrogen-bond acceptors (Lipinski definition) is 2. The van der Waals surface area contributed by atoms with Crippen molar-refractivity contribution in [3.05, 3.63) is 29.8 Å². The van der Waals surface area contributed by atoms with E-state index in [1.54, 1.807) is 0 Å².